The summed E-state index contributed by atoms with van der Waals surface area (Å²) in [5, 5.41) is 45.5. The number of aliphatic hydroxyl groups excluding tert-OH is 1. The highest BCUT2D eigenvalue weighted by atomic mass is 16.7. The van der Waals surface area contributed by atoms with E-state index in [2.05, 4.69) is 4.90 Å². The lowest BCUT2D eigenvalue weighted by atomic mass is 9.72. The van der Waals surface area contributed by atoms with Crippen molar-refractivity contribution < 1.29 is 53.8 Å². The van der Waals surface area contributed by atoms with Gasteiger partial charge in [-0.3, -0.25) is 19.3 Å². The van der Waals surface area contributed by atoms with Crippen molar-refractivity contribution in [2.45, 2.75) is 69.4 Å². The van der Waals surface area contributed by atoms with Crippen molar-refractivity contribution in [2.75, 3.05) is 33.4 Å². The fraction of sp³-hybridized carbons (Fsp3) is 0.516. The van der Waals surface area contributed by atoms with Crippen molar-refractivity contribution in [2.24, 2.45) is 0 Å². The monoisotopic (exact) mass is 597 g/mol. The average molecular weight is 598 g/mol. The largest absolute Gasteiger partial charge is 0.507 e. The minimum Gasteiger partial charge on any atom is -0.507 e. The highest BCUT2D eigenvalue weighted by molar-refractivity contribution is 6.31. The van der Waals surface area contributed by atoms with Gasteiger partial charge in [0.25, 0.3) is 0 Å². The van der Waals surface area contributed by atoms with Gasteiger partial charge in [0.2, 0.25) is 5.78 Å². The third-order valence-corrected chi connectivity index (χ3v) is 9.24. The first-order valence-electron chi connectivity index (χ1n) is 14.4. The van der Waals surface area contributed by atoms with Gasteiger partial charge < -0.3 is 39.4 Å². The summed E-state index contributed by atoms with van der Waals surface area (Å²) in [5.41, 5.74) is -2.93. The van der Waals surface area contributed by atoms with E-state index in [0.29, 0.717) is 26.3 Å². The van der Waals surface area contributed by atoms with Crippen molar-refractivity contribution in [1.82, 2.24) is 4.90 Å². The highest BCUT2D eigenvalue weighted by Crippen LogP contribution is 2.52. The molecule has 2 fully saturated rings. The number of phenolic OH excluding ortho intramolecular Hbond substituents is 2. The van der Waals surface area contributed by atoms with E-state index in [4.69, 9.17) is 18.9 Å². The summed E-state index contributed by atoms with van der Waals surface area (Å²) in [4.78, 5) is 42.2. The van der Waals surface area contributed by atoms with Crippen molar-refractivity contribution >= 4 is 17.3 Å². The van der Waals surface area contributed by atoms with Crippen LogP contribution >= 0.6 is 0 Å². The lowest BCUT2D eigenvalue weighted by Gasteiger charge is -2.46. The van der Waals surface area contributed by atoms with Gasteiger partial charge in [-0.05, 0) is 19.9 Å². The van der Waals surface area contributed by atoms with Crippen LogP contribution < -0.4 is 4.74 Å². The van der Waals surface area contributed by atoms with Crippen LogP contribution in [0.1, 0.15) is 75.8 Å². The summed E-state index contributed by atoms with van der Waals surface area (Å²) in [5.74, 6) is -3.08. The number of Topliss-reactive ketones (excluding diaryl/α,β-unsaturated/α-hetero) is 1. The number of carbonyl (C=O) groups is 3. The van der Waals surface area contributed by atoms with Crippen LogP contribution in [-0.2, 0) is 25.4 Å². The highest BCUT2D eigenvalue weighted by Gasteiger charge is 2.50. The molecule has 230 valence electrons. The number of ketones is 3. The molecule has 2 heterocycles. The number of morpholine rings is 1. The average Bonchev–Trinajstić information content (AvgIpc) is 2.99. The number of rotatable bonds is 5. The number of fused-ring (bicyclic) bond motifs is 3. The zero-order valence-electron chi connectivity index (χ0n) is 24.2. The second kappa shape index (κ2) is 11.0. The Labute approximate surface area is 247 Å². The zero-order valence-corrected chi connectivity index (χ0v) is 24.2. The Morgan fingerprint density at radius 2 is 1.77 bits per heavy atom. The topological polar surface area (TPSA) is 172 Å². The van der Waals surface area contributed by atoms with Crippen LogP contribution in [0.5, 0.6) is 17.2 Å². The molecule has 0 spiro atoms. The fourth-order valence-electron chi connectivity index (χ4n) is 6.87. The van der Waals surface area contributed by atoms with E-state index in [-0.39, 0.29) is 46.9 Å². The molecule has 0 radical (unpaired) electrons. The molecule has 0 saturated carbocycles. The van der Waals surface area contributed by atoms with E-state index in [1.165, 1.54) is 32.2 Å². The first-order valence-corrected chi connectivity index (χ1v) is 14.4. The van der Waals surface area contributed by atoms with E-state index >= 15 is 0 Å². The maximum atomic E-state index is 13.8. The molecule has 0 bridgehead atoms. The van der Waals surface area contributed by atoms with Crippen LogP contribution in [0, 0.1) is 0 Å². The number of benzene rings is 2. The number of aliphatic hydroxyl groups is 2. The summed E-state index contributed by atoms with van der Waals surface area (Å²) in [7, 11) is 1.35. The van der Waals surface area contributed by atoms with Gasteiger partial charge in [0, 0.05) is 55.1 Å². The number of ether oxygens (including phenoxy) is 4. The molecule has 2 aromatic carbocycles. The van der Waals surface area contributed by atoms with E-state index in [9.17, 15) is 34.8 Å². The molecule has 12 nitrogen and oxygen atoms in total. The molecule has 6 rings (SSSR count). The number of hydrogen-bond donors (Lipinski definition) is 4. The molecular formula is C31H35NO11. The SMILES string of the molecule is COc1cccc2c1C(=O)c1c(O)c3c(c(O)c1C2=O)C[C@@](O)(C(C)=O)C[C@@H]3OC1CC(N2CCOCC2)C(O)C(C)O1. The van der Waals surface area contributed by atoms with Crippen molar-refractivity contribution in [3.8, 4) is 17.2 Å². The van der Waals surface area contributed by atoms with E-state index < -0.39 is 76.6 Å². The molecule has 0 amide bonds. The van der Waals surface area contributed by atoms with Crippen molar-refractivity contribution in [1.29, 1.82) is 0 Å². The summed E-state index contributed by atoms with van der Waals surface area (Å²) < 4.78 is 23.1. The van der Waals surface area contributed by atoms with Gasteiger partial charge in [0.05, 0.1) is 55.3 Å². The maximum Gasteiger partial charge on any atom is 0.202 e. The summed E-state index contributed by atoms with van der Waals surface area (Å²) in [6, 6.07) is 4.15. The van der Waals surface area contributed by atoms with Gasteiger partial charge in [-0.25, -0.2) is 0 Å². The normalized spacial score (nSPS) is 30.8. The van der Waals surface area contributed by atoms with Crippen LogP contribution in [0.25, 0.3) is 0 Å². The van der Waals surface area contributed by atoms with Crippen LogP contribution in [-0.4, -0.2) is 106 Å². The van der Waals surface area contributed by atoms with Crippen LogP contribution in [0.4, 0.5) is 0 Å². The second-order valence-corrected chi connectivity index (χ2v) is 11.7. The third-order valence-electron chi connectivity index (χ3n) is 9.24. The Kier molecular flexibility index (Phi) is 7.56. The molecule has 6 atom stereocenters. The Hall–Kier alpha value is -3.39. The molecular weight excluding hydrogens is 562 g/mol. The molecule has 2 saturated heterocycles. The molecule has 4 N–H and O–H groups in total. The van der Waals surface area contributed by atoms with Gasteiger partial charge in [-0.2, -0.15) is 0 Å². The second-order valence-electron chi connectivity index (χ2n) is 11.7. The predicted octanol–water partition coefficient (Wildman–Crippen LogP) is 1.40. The number of methoxy groups -OCH3 is 1. The number of hydrogen-bond acceptors (Lipinski definition) is 12. The van der Waals surface area contributed by atoms with E-state index in [1.54, 1.807) is 6.92 Å². The fourth-order valence-corrected chi connectivity index (χ4v) is 6.87. The summed E-state index contributed by atoms with van der Waals surface area (Å²) >= 11 is 0. The maximum absolute atomic E-state index is 13.8. The Morgan fingerprint density at radius 3 is 2.44 bits per heavy atom. The number of nitrogens with zero attached hydrogens (tertiary/aromatic N) is 1. The zero-order chi connectivity index (χ0) is 30.8. The van der Waals surface area contributed by atoms with Gasteiger partial charge in [0.15, 0.2) is 17.9 Å². The lowest BCUT2D eigenvalue weighted by Crippen LogP contribution is -2.58. The molecule has 2 aliphatic heterocycles. The molecule has 4 unspecified atom stereocenters. The van der Waals surface area contributed by atoms with Crippen LogP contribution in [0.3, 0.4) is 0 Å². The number of aromatic hydroxyl groups is 2. The molecule has 12 heteroatoms. The molecule has 4 aliphatic rings. The Morgan fingerprint density at radius 1 is 1.07 bits per heavy atom. The van der Waals surface area contributed by atoms with Crippen LogP contribution in [0.15, 0.2) is 18.2 Å². The summed E-state index contributed by atoms with van der Waals surface area (Å²) in [6.45, 7) is 5.18. The van der Waals surface area contributed by atoms with Gasteiger partial charge in [0.1, 0.15) is 22.8 Å². The summed E-state index contributed by atoms with van der Waals surface area (Å²) in [6.07, 6.45) is -4.07. The van der Waals surface area contributed by atoms with Crippen molar-refractivity contribution in [3.05, 3.63) is 51.6 Å². The van der Waals surface area contributed by atoms with E-state index in [0.717, 1.165) is 0 Å². The Bertz CT molecular complexity index is 1500. The molecule has 43 heavy (non-hydrogen) atoms. The predicted molar refractivity (Wildman–Crippen MR) is 149 cm³/mol. The van der Waals surface area contributed by atoms with E-state index in [1.807, 2.05) is 0 Å². The molecule has 0 aromatic heterocycles. The van der Waals surface area contributed by atoms with Gasteiger partial charge >= 0.3 is 0 Å². The minimum absolute atomic E-state index is 0.00533. The van der Waals surface area contributed by atoms with Crippen LogP contribution in [0.2, 0.25) is 0 Å². The molecule has 2 aliphatic carbocycles. The first-order chi connectivity index (χ1) is 20.5. The van der Waals surface area contributed by atoms with Gasteiger partial charge in [-0.15, -0.1) is 0 Å². The minimum atomic E-state index is -2.00. The Balaban J connectivity index is 1.44. The molecule has 2 aromatic rings. The van der Waals surface area contributed by atoms with Gasteiger partial charge in [-0.1, -0.05) is 12.1 Å². The standard InChI is InChI=1S/C31H35NO11/c1-14-26(34)18(32-7-9-41-10-8-32)11-21(42-14)43-20-13-31(39,15(2)33)12-17-23(20)30(38)25-24(28(17)36)27(35)16-5-4-6-19(40-3)22(16)29(25)37/h4-6,14,18,20-21,26,34,36,38-39H,7-13H2,1-3H3/t14?,18?,20-,21?,26?,31-/m0/s1. The quantitative estimate of drug-likeness (QED) is 0.312. The smallest absolute Gasteiger partial charge is 0.202 e. The number of carbonyl (C=O) groups excluding carboxylic acids is 3. The first kappa shape index (κ1) is 29.7. The third kappa shape index (κ3) is 4.73. The van der Waals surface area contributed by atoms with Crippen molar-refractivity contribution in [3.63, 3.8) is 0 Å². The lowest BCUT2D eigenvalue weighted by molar-refractivity contribution is -0.260. The number of phenols is 2.